The van der Waals surface area contributed by atoms with Crippen LogP contribution in [0.1, 0.15) is 5.56 Å². The summed E-state index contributed by atoms with van der Waals surface area (Å²) in [5.41, 5.74) is 1.51. The van der Waals surface area contributed by atoms with Crippen molar-refractivity contribution >= 4 is 39.6 Å². The molecule has 3 rings (SSSR count). The molecular weight excluding hydrogens is 384 g/mol. The predicted molar refractivity (Wildman–Crippen MR) is 100 cm³/mol. The van der Waals surface area contributed by atoms with E-state index in [-0.39, 0.29) is 11.6 Å². The highest BCUT2D eigenvalue weighted by atomic mass is 79.9. The van der Waals surface area contributed by atoms with Gasteiger partial charge in [0.05, 0.1) is 10.2 Å². The molecule has 0 spiro atoms. The number of hydrogen-bond donors (Lipinski definition) is 1. The van der Waals surface area contributed by atoms with E-state index in [2.05, 4.69) is 27.8 Å². The summed E-state index contributed by atoms with van der Waals surface area (Å²) in [5.74, 6) is 0.286. The summed E-state index contributed by atoms with van der Waals surface area (Å²) in [6, 6.07) is 13.7. The first-order valence-electron chi connectivity index (χ1n) is 7.55. The molecule has 2 aromatic carbocycles. The van der Waals surface area contributed by atoms with Crippen molar-refractivity contribution in [3.8, 4) is 5.75 Å². The molecule has 1 saturated heterocycles. The molecule has 3 amide bonds. The first kappa shape index (κ1) is 17.0. The van der Waals surface area contributed by atoms with Crippen LogP contribution in [0.3, 0.4) is 0 Å². The molecule has 0 bridgehead atoms. The summed E-state index contributed by atoms with van der Waals surface area (Å²) in [5, 5.41) is 2.61. The number of nitrogens with one attached hydrogen (secondary N) is 1. The van der Waals surface area contributed by atoms with Crippen LogP contribution >= 0.6 is 15.9 Å². The summed E-state index contributed by atoms with van der Waals surface area (Å²) in [7, 11) is 0. The van der Waals surface area contributed by atoms with Crippen molar-refractivity contribution < 1.29 is 14.3 Å². The Kier molecular flexibility index (Phi) is 5.00. The molecule has 1 aliphatic rings. The Morgan fingerprint density at radius 2 is 1.92 bits per heavy atom. The normalized spacial score (nSPS) is 15.4. The number of benzene rings is 2. The third-order valence-electron chi connectivity index (χ3n) is 3.52. The first-order chi connectivity index (χ1) is 12.1. The van der Waals surface area contributed by atoms with Gasteiger partial charge in [0.15, 0.2) is 0 Å². The molecule has 6 heteroatoms. The van der Waals surface area contributed by atoms with Gasteiger partial charge in [-0.25, -0.2) is 9.69 Å². The maximum Gasteiger partial charge on any atom is 0.333 e. The van der Waals surface area contributed by atoms with Crippen molar-refractivity contribution in [3.63, 3.8) is 0 Å². The number of halogens is 1. The van der Waals surface area contributed by atoms with Crippen molar-refractivity contribution in [1.29, 1.82) is 0 Å². The van der Waals surface area contributed by atoms with Crippen molar-refractivity contribution in [2.24, 2.45) is 0 Å². The molecule has 0 unspecified atom stereocenters. The van der Waals surface area contributed by atoms with Gasteiger partial charge in [0, 0.05) is 0 Å². The molecule has 2 aromatic rings. The number of carbonyl (C=O) groups excluding carboxylic acids is 2. The van der Waals surface area contributed by atoms with Gasteiger partial charge in [-0.2, -0.15) is 0 Å². The van der Waals surface area contributed by atoms with Crippen LogP contribution in [0.2, 0.25) is 0 Å². The number of hydrogen-bond acceptors (Lipinski definition) is 3. The van der Waals surface area contributed by atoms with Crippen molar-refractivity contribution in [1.82, 2.24) is 5.32 Å². The third kappa shape index (κ3) is 3.64. The fourth-order valence-electron chi connectivity index (χ4n) is 2.39. The van der Waals surface area contributed by atoms with Gasteiger partial charge in [0.2, 0.25) is 0 Å². The van der Waals surface area contributed by atoms with Gasteiger partial charge in [-0.1, -0.05) is 36.9 Å². The lowest BCUT2D eigenvalue weighted by Gasteiger charge is -2.10. The molecule has 1 N–H and O–H groups in total. The van der Waals surface area contributed by atoms with Crippen LogP contribution in [0.15, 0.2) is 71.4 Å². The molecule has 1 heterocycles. The average molecular weight is 399 g/mol. The molecule has 0 aromatic heterocycles. The Morgan fingerprint density at radius 1 is 1.16 bits per heavy atom. The SMILES string of the molecule is C=CCOc1ccc(/C=C2\NC(=O)N(c3ccccc3)C2=O)cc1Br. The van der Waals surface area contributed by atoms with Gasteiger partial charge >= 0.3 is 6.03 Å². The Labute approximate surface area is 153 Å². The second-order valence-corrected chi connectivity index (χ2v) is 6.11. The molecule has 25 heavy (non-hydrogen) atoms. The zero-order valence-corrected chi connectivity index (χ0v) is 14.8. The summed E-state index contributed by atoms with van der Waals surface area (Å²) >= 11 is 3.43. The van der Waals surface area contributed by atoms with E-state index in [0.717, 1.165) is 14.9 Å². The van der Waals surface area contributed by atoms with Crippen molar-refractivity contribution in [2.45, 2.75) is 0 Å². The monoisotopic (exact) mass is 398 g/mol. The summed E-state index contributed by atoms with van der Waals surface area (Å²) in [6.45, 7) is 4.01. The van der Waals surface area contributed by atoms with E-state index in [1.54, 1.807) is 48.6 Å². The molecule has 126 valence electrons. The number of imide groups is 1. The highest BCUT2D eigenvalue weighted by molar-refractivity contribution is 9.10. The second kappa shape index (κ2) is 7.36. The van der Waals surface area contributed by atoms with Crippen LogP contribution in [0.5, 0.6) is 5.75 Å². The van der Waals surface area contributed by atoms with Gasteiger partial charge in [-0.05, 0) is 51.8 Å². The minimum Gasteiger partial charge on any atom is -0.488 e. The van der Waals surface area contributed by atoms with Gasteiger partial charge in [0.1, 0.15) is 18.1 Å². The number of para-hydroxylation sites is 1. The Balaban J connectivity index is 1.85. The Morgan fingerprint density at radius 3 is 2.60 bits per heavy atom. The highest BCUT2D eigenvalue weighted by Crippen LogP contribution is 2.28. The number of ether oxygens (including phenoxy) is 1. The molecular formula is C19H15BrN2O3. The van der Waals surface area contributed by atoms with Crippen molar-refractivity contribution in [3.05, 3.63) is 76.9 Å². The van der Waals surface area contributed by atoms with Gasteiger partial charge < -0.3 is 10.1 Å². The lowest BCUT2D eigenvalue weighted by atomic mass is 10.2. The molecule has 1 fully saturated rings. The first-order valence-corrected chi connectivity index (χ1v) is 8.35. The maximum atomic E-state index is 12.5. The molecule has 0 saturated carbocycles. The number of nitrogens with zero attached hydrogens (tertiary/aromatic N) is 1. The lowest BCUT2D eigenvalue weighted by molar-refractivity contribution is -0.113. The van der Waals surface area contributed by atoms with E-state index < -0.39 is 6.03 Å². The summed E-state index contributed by atoms with van der Waals surface area (Å²) in [4.78, 5) is 25.8. The maximum absolute atomic E-state index is 12.5. The second-order valence-electron chi connectivity index (χ2n) is 5.25. The number of carbonyl (C=O) groups is 2. The zero-order chi connectivity index (χ0) is 17.8. The summed E-state index contributed by atoms with van der Waals surface area (Å²) in [6.07, 6.45) is 3.29. The lowest BCUT2D eigenvalue weighted by Crippen LogP contribution is -2.30. The number of urea groups is 1. The van der Waals surface area contributed by atoms with E-state index in [4.69, 9.17) is 4.74 Å². The fraction of sp³-hybridized carbons (Fsp3) is 0.0526. The van der Waals surface area contributed by atoms with Crippen LogP contribution < -0.4 is 15.0 Å². The molecule has 0 aliphatic carbocycles. The minimum absolute atomic E-state index is 0.223. The van der Waals surface area contributed by atoms with Crippen LogP contribution in [-0.4, -0.2) is 18.5 Å². The molecule has 5 nitrogen and oxygen atoms in total. The average Bonchev–Trinajstić information content (AvgIpc) is 2.88. The smallest absolute Gasteiger partial charge is 0.333 e. The number of rotatable bonds is 5. The standard InChI is InChI=1S/C19H15BrN2O3/c1-2-10-25-17-9-8-13(11-15(17)20)12-16-18(23)22(19(24)21-16)14-6-4-3-5-7-14/h2-9,11-12H,1,10H2,(H,21,24)/b16-12-. The molecule has 0 radical (unpaired) electrons. The van der Waals surface area contributed by atoms with E-state index in [1.165, 1.54) is 0 Å². The predicted octanol–water partition coefficient (Wildman–Crippen LogP) is 4.11. The highest BCUT2D eigenvalue weighted by Gasteiger charge is 2.34. The van der Waals surface area contributed by atoms with Crippen LogP contribution in [0.4, 0.5) is 10.5 Å². The quantitative estimate of drug-likeness (QED) is 0.468. The van der Waals surface area contributed by atoms with E-state index in [1.807, 2.05) is 12.1 Å². The van der Waals surface area contributed by atoms with Crippen LogP contribution in [0, 0.1) is 0 Å². The topological polar surface area (TPSA) is 58.6 Å². The van der Waals surface area contributed by atoms with E-state index in [0.29, 0.717) is 18.0 Å². The van der Waals surface area contributed by atoms with Gasteiger partial charge in [-0.15, -0.1) is 0 Å². The van der Waals surface area contributed by atoms with Crippen LogP contribution in [0.25, 0.3) is 6.08 Å². The van der Waals surface area contributed by atoms with E-state index in [9.17, 15) is 9.59 Å². The number of anilines is 1. The van der Waals surface area contributed by atoms with Crippen molar-refractivity contribution in [2.75, 3.05) is 11.5 Å². The van der Waals surface area contributed by atoms with Gasteiger partial charge in [-0.3, -0.25) is 4.79 Å². The fourth-order valence-corrected chi connectivity index (χ4v) is 2.90. The largest absolute Gasteiger partial charge is 0.488 e. The Hall–Kier alpha value is -2.86. The molecule has 1 aliphatic heterocycles. The van der Waals surface area contributed by atoms with Crippen LogP contribution in [-0.2, 0) is 4.79 Å². The minimum atomic E-state index is -0.465. The number of amides is 3. The Bertz CT molecular complexity index is 862. The summed E-state index contributed by atoms with van der Waals surface area (Å²) < 4.78 is 6.24. The molecule has 0 atom stereocenters. The third-order valence-corrected chi connectivity index (χ3v) is 4.14. The zero-order valence-electron chi connectivity index (χ0n) is 13.2. The van der Waals surface area contributed by atoms with Gasteiger partial charge in [0.25, 0.3) is 5.91 Å². The van der Waals surface area contributed by atoms with E-state index >= 15 is 0 Å².